The third kappa shape index (κ3) is 1.88. The first-order chi connectivity index (χ1) is 9.70. The first-order valence-electron chi connectivity index (χ1n) is 6.30. The lowest BCUT2D eigenvalue weighted by molar-refractivity contribution is 0.907. The summed E-state index contributed by atoms with van der Waals surface area (Å²) >= 11 is 0. The van der Waals surface area contributed by atoms with Crippen LogP contribution >= 0.6 is 0 Å². The predicted molar refractivity (Wildman–Crippen MR) is 79.3 cm³/mol. The van der Waals surface area contributed by atoms with Crippen LogP contribution in [-0.4, -0.2) is 4.57 Å². The molecule has 3 heteroatoms. The molecule has 0 spiro atoms. The first-order valence-corrected chi connectivity index (χ1v) is 6.30. The molecule has 3 rings (SSSR count). The van der Waals surface area contributed by atoms with Gasteiger partial charge in [-0.15, -0.1) is 0 Å². The third-order valence-corrected chi connectivity index (χ3v) is 3.46. The number of nitrogens with zero attached hydrogens (tertiary/aromatic N) is 2. The monoisotopic (exact) mass is 260 g/mol. The Bertz CT molecular complexity index is 901. The van der Waals surface area contributed by atoms with E-state index in [1.807, 2.05) is 36.4 Å². The number of pyridine rings is 1. The summed E-state index contributed by atoms with van der Waals surface area (Å²) in [7, 11) is 1.76. The Hall–Kier alpha value is -2.86. The van der Waals surface area contributed by atoms with Crippen LogP contribution in [0, 0.1) is 11.3 Å². The van der Waals surface area contributed by atoms with E-state index in [2.05, 4.69) is 6.07 Å². The molecule has 2 aromatic carbocycles. The van der Waals surface area contributed by atoms with Crippen LogP contribution in [0.25, 0.3) is 22.0 Å². The Balaban J connectivity index is 2.40. The molecule has 0 aliphatic heterocycles. The summed E-state index contributed by atoms with van der Waals surface area (Å²) in [6.07, 6.45) is 0. The smallest absolute Gasteiger partial charge is 0.251 e. The fourth-order valence-electron chi connectivity index (χ4n) is 2.41. The minimum Gasteiger partial charge on any atom is -0.311 e. The maximum absolute atomic E-state index is 12.1. The van der Waals surface area contributed by atoms with E-state index in [1.165, 1.54) is 0 Å². The van der Waals surface area contributed by atoms with Crippen LogP contribution in [0.1, 0.15) is 5.56 Å². The van der Waals surface area contributed by atoms with Gasteiger partial charge >= 0.3 is 0 Å². The quantitative estimate of drug-likeness (QED) is 0.675. The molecule has 0 aliphatic rings. The number of rotatable bonds is 1. The average molecular weight is 260 g/mol. The van der Waals surface area contributed by atoms with Crippen molar-refractivity contribution in [2.24, 2.45) is 7.05 Å². The van der Waals surface area contributed by atoms with Crippen molar-refractivity contribution in [3.63, 3.8) is 0 Å². The molecular formula is C17H12N2O. The van der Waals surface area contributed by atoms with Crippen LogP contribution in [0.15, 0.2) is 59.4 Å². The van der Waals surface area contributed by atoms with Gasteiger partial charge in [-0.25, -0.2) is 0 Å². The Kier molecular flexibility index (Phi) is 2.85. The Labute approximate surface area is 116 Å². The van der Waals surface area contributed by atoms with Crippen LogP contribution < -0.4 is 5.56 Å². The fraction of sp³-hybridized carbons (Fsp3) is 0.0588. The van der Waals surface area contributed by atoms with E-state index in [9.17, 15) is 4.79 Å². The Morgan fingerprint density at radius 3 is 2.65 bits per heavy atom. The van der Waals surface area contributed by atoms with Gasteiger partial charge in [0.2, 0.25) is 0 Å². The van der Waals surface area contributed by atoms with Crippen molar-refractivity contribution >= 4 is 10.9 Å². The van der Waals surface area contributed by atoms with E-state index in [0.29, 0.717) is 5.56 Å². The highest BCUT2D eigenvalue weighted by Crippen LogP contribution is 2.27. The third-order valence-electron chi connectivity index (χ3n) is 3.46. The van der Waals surface area contributed by atoms with Crippen LogP contribution in [0.3, 0.4) is 0 Å². The number of hydrogen-bond acceptors (Lipinski definition) is 2. The van der Waals surface area contributed by atoms with Gasteiger partial charge < -0.3 is 4.57 Å². The number of para-hydroxylation sites is 1. The van der Waals surface area contributed by atoms with Crippen molar-refractivity contribution in [1.29, 1.82) is 5.26 Å². The summed E-state index contributed by atoms with van der Waals surface area (Å²) in [5.74, 6) is 0. The number of aromatic nitrogens is 1. The fourth-order valence-corrected chi connectivity index (χ4v) is 2.41. The zero-order chi connectivity index (χ0) is 14.1. The van der Waals surface area contributed by atoms with Gasteiger partial charge in [-0.3, -0.25) is 4.79 Å². The number of fused-ring (bicyclic) bond motifs is 1. The highest BCUT2D eigenvalue weighted by Gasteiger charge is 2.08. The average Bonchev–Trinajstić information content (AvgIpc) is 2.51. The Morgan fingerprint density at radius 1 is 1.05 bits per heavy atom. The molecule has 0 fully saturated rings. The maximum Gasteiger partial charge on any atom is 0.251 e. The second-order valence-electron chi connectivity index (χ2n) is 4.67. The Morgan fingerprint density at radius 2 is 1.85 bits per heavy atom. The molecule has 20 heavy (non-hydrogen) atoms. The van der Waals surface area contributed by atoms with Gasteiger partial charge in [0.05, 0.1) is 17.1 Å². The molecule has 0 N–H and O–H groups in total. The molecule has 1 aromatic heterocycles. The highest BCUT2D eigenvalue weighted by atomic mass is 16.1. The van der Waals surface area contributed by atoms with Gasteiger partial charge in [-0.05, 0) is 29.3 Å². The van der Waals surface area contributed by atoms with Crippen LogP contribution in [0.5, 0.6) is 0 Å². The number of nitriles is 1. The lowest BCUT2D eigenvalue weighted by atomic mass is 9.99. The molecule has 0 radical (unpaired) electrons. The number of benzene rings is 2. The molecule has 3 aromatic rings. The predicted octanol–water partition coefficient (Wildman–Crippen LogP) is 3.08. The molecule has 1 heterocycles. The molecule has 0 saturated carbocycles. The van der Waals surface area contributed by atoms with Crippen LogP contribution in [0.2, 0.25) is 0 Å². The largest absolute Gasteiger partial charge is 0.311 e. The molecule has 0 atom stereocenters. The van der Waals surface area contributed by atoms with Gasteiger partial charge in [0.15, 0.2) is 0 Å². The summed E-state index contributed by atoms with van der Waals surface area (Å²) in [5.41, 5.74) is 3.17. The highest BCUT2D eigenvalue weighted by molar-refractivity contribution is 5.94. The SMILES string of the molecule is Cn1c(=O)cc(-c2cccc(C#N)c2)c2ccccc21. The minimum absolute atomic E-state index is 0.0546. The van der Waals surface area contributed by atoms with Gasteiger partial charge in [-0.2, -0.15) is 5.26 Å². The molecule has 96 valence electrons. The standard InChI is InChI=1S/C17H12N2O/c1-19-16-8-3-2-7-14(16)15(10-17(19)20)13-6-4-5-12(9-13)11-18/h2-10H,1H3. The first kappa shape index (κ1) is 12.2. The number of hydrogen-bond donors (Lipinski definition) is 0. The molecular weight excluding hydrogens is 248 g/mol. The molecule has 0 saturated heterocycles. The van der Waals surface area contributed by atoms with E-state index in [4.69, 9.17) is 5.26 Å². The molecule has 0 unspecified atom stereocenters. The number of aryl methyl sites for hydroxylation is 1. The lowest BCUT2D eigenvalue weighted by Gasteiger charge is -2.10. The van der Waals surface area contributed by atoms with E-state index >= 15 is 0 Å². The second kappa shape index (κ2) is 4.67. The van der Waals surface area contributed by atoms with Gasteiger partial charge in [0.1, 0.15) is 0 Å². The van der Waals surface area contributed by atoms with Gasteiger partial charge in [-0.1, -0.05) is 30.3 Å². The molecule has 0 bridgehead atoms. The van der Waals surface area contributed by atoms with Crippen LogP contribution in [-0.2, 0) is 7.05 Å². The van der Waals surface area contributed by atoms with Crippen molar-refractivity contribution in [2.45, 2.75) is 0 Å². The summed E-state index contributed by atoms with van der Waals surface area (Å²) in [4.78, 5) is 12.1. The summed E-state index contributed by atoms with van der Waals surface area (Å²) in [6, 6.07) is 18.8. The molecule has 3 nitrogen and oxygen atoms in total. The summed E-state index contributed by atoms with van der Waals surface area (Å²) in [5, 5.41) is 10.0. The lowest BCUT2D eigenvalue weighted by Crippen LogP contribution is -2.16. The minimum atomic E-state index is -0.0546. The van der Waals surface area contributed by atoms with Crippen LogP contribution in [0.4, 0.5) is 0 Å². The normalized spacial score (nSPS) is 10.4. The van der Waals surface area contributed by atoms with E-state index in [-0.39, 0.29) is 5.56 Å². The zero-order valence-corrected chi connectivity index (χ0v) is 11.0. The van der Waals surface area contributed by atoms with E-state index in [1.54, 1.807) is 29.8 Å². The summed E-state index contributed by atoms with van der Waals surface area (Å²) in [6.45, 7) is 0. The zero-order valence-electron chi connectivity index (χ0n) is 11.0. The van der Waals surface area contributed by atoms with Gasteiger partial charge in [0.25, 0.3) is 5.56 Å². The van der Waals surface area contributed by atoms with E-state index < -0.39 is 0 Å². The molecule has 0 amide bonds. The second-order valence-corrected chi connectivity index (χ2v) is 4.67. The summed E-state index contributed by atoms with van der Waals surface area (Å²) < 4.78 is 1.63. The topological polar surface area (TPSA) is 45.8 Å². The van der Waals surface area contributed by atoms with Crippen molar-refractivity contribution in [3.05, 3.63) is 70.5 Å². The van der Waals surface area contributed by atoms with Crippen molar-refractivity contribution < 1.29 is 0 Å². The van der Waals surface area contributed by atoms with Crippen molar-refractivity contribution in [2.75, 3.05) is 0 Å². The van der Waals surface area contributed by atoms with E-state index in [0.717, 1.165) is 22.0 Å². The maximum atomic E-state index is 12.1. The van der Waals surface area contributed by atoms with Crippen molar-refractivity contribution in [1.82, 2.24) is 4.57 Å². The van der Waals surface area contributed by atoms with Gasteiger partial charge in [0, 0.05) is 18.5 Å². The molecule has 0 aliphatic carbocycles. The van der Waals surface area contributed by atoms with Crippen molar-refractivity contribution in [3.8, 4) is 17.2 Å².